The molecule has 2 unspecified atom stereocenters. The number of nitrogens with one attached hydrogen (secondary N) is 3. The van der Waals surface area contributed by atoms with Gasteiger partial charge in [0, 0.05) is 26.1 Å². The summed E-state index contributed by atoms with van der Waals surface area (Å²) in [7, 11) is 0. The lowest BCUT2D eigenvalue weighted by Crippen LogP contribution is -2.71. The summed E-state index contributed by atoms with van der Waals surface area (Å²) < 4.78 is 11.9. The lowest BCUT2D eigenvalue weighted by molar-refractivity contribution is -0.186. The van der Waals surface area contributed by atoms with Crippen LogP contribution in [0.4, 0.5) is 0 Å². The molecule has 0 aromatic carbocycles. The second-order valence-electron chi connectivity index (χ2n) is 4.41. The lowest BCUT2D eigenvalue weighted by atomic mass is 10.2. The van der Waals surface area contributed by atoms with Crippen molar-refractivity contribution in [2.45, 2.75) is 66.1 Å². The fourth-order valence-corrected chi connectivity index (χ4v) is 2.28. The average molecular weight is 275 g/mol. The van der Waals surface area contributed by atoms with Gasteiger partial charge in [0.1, 0.15) is 0 Å². The molecule has 5 heteroatoms. The molecule has 3 N–H and O–H groups in total. The summed E-state index contributed by atoms with van der Waals surface area (Å²) in [5.74, 6) is -1.12. The second kappa shape index (κ2) is 9.66. The van der Waals surface area contributed by atoms with E-state index in [1.165, 1.54) is 0 Å². The topological polar surface area (TPSA) is 54.5 Å². The molecule has 0 heterocycles. The van der Waals surface area contributed by atoms with Crippen molar-refractivity contribution in [2.75, 3.05) is 26.3 Å². The Balaban J connectivity index is 5.08. The zero-order chi connectivity index (χ0) is 14.8. The first-order valence-corrected chi connectivity index (χ1v) is 7.64. The summed E-state index contributed by atoms with van der Waals surface area (Å²) in [5, 5.41) is 10.3. The Bertz CT molecular complexity index is 191. The molecule has 2 atom stereocenters. The van der Waals surface area contributed by atoms with Crippen LogP contribution >= 0.6 is 0 Å². The van der Waals surface area contributed by atoms with Crippen LogP contribution in [0, 0.1) is 0 Å². The molecular formula is C14H33N3O2. The van der Waals surface area contributed by atoms with Gasteiger partial charge in [-0.3, -0.25) is 10.6 Å². The Kier molecular flexibility index (Phi) is 9.56. The van der Waals surface area contributed by atoms with Gasteiger partial charge in [0.15, 0.2) is 11.7 Å². The minimum atomic E-state index is -0.559. The summed E-state index contributed by atoms with van der Waals surface area (Å²) in [6, 6.07) is 0. The Hall–Kier alpha value is -0.200. The Morgan fingerprint density at radius 3 is 1.26 bits per heavy atom. The zero-order valence-electron chi connectivity index (χ0n) is 13.6. The highest BCUT2D eigenvalue weighted by molar-refractivity contribution is 4.83. The third kappa shape index (κ3) is 5.75. The zero-order valence-corrected chi connectivity index (χ0v) is 13.6. The van der Waals surface area contributed by atoms with Crippen LogP contribution in [0.15, 0.2) is 0 Å². The van der Waals surface area contributed by atoms with Crippen LogP contribution in [-0.4, -0.2) is 38.0 Å². The van der Waals surface area contributed by atoms with Crippen LogP contribution in [0.1, 0.15) is 54.4 Å². The van der Waals surface area contributed by atoms with E-state index in [0.29, 0.717) is 13.2 Å². The van der Waals surface area contributed by atoms with Gasteiger partial charge in [-0.2, -0.15) is 0 Å². The Labute approximate surface area is 118 Å². The standard InChI is InChI=1S/C14H33N3O2/c1-7-13(15-9-3,18-11-5)17-14(8-2,16-10-4)19-12-6/h15-17H,7-12H2,1-6H3. The van der Waals surface area contributed by atoms with Crippen LogP contribution in [0.2, 0.25) is 0 Å². The van der Waals surface area contributed by atoms with E-state index in [1.54, 1.807) is 0 Å². The van der Waals surface area contributed by atoms with Crippen molar-refractivity contribution in [3.05, 3.63) is 0 Å². The fraction of sp³-hybridized carbons (Fsp3) is 1.00. The maximum absolute atomic E-state index is 5.93. The molecule has 0 radical (unpaired) electrons. The smallest absolute Gasteiger partial charge is 0.177 e. The molecule has 5 nitrogen and oxygen atoms in total. The van der Waals surface area contributed by atoms with E-state index < -0.39 is 11.7 Å². The average Bonchev–Trinajstić information content (AvgIpc) is 2.39. The highest BCUT2D eigenvalue weighted by atomic mass is 16.6. The van der Waals surface area contributed by atoms with Crippen LogP contribution in [-0.2, 0) is 9.47 Å². The highest BCUT2D eigenvalue weighted by Gasteiger charge is 2.38. The monoisotopic (exact) mass is 275 g/mol. The van der Waals surface area contributed by atoms with Gasteiger partial charge in [0.05, 0.1) is 0 Å². The quantitative estimate of drug-likeness (QED) is 0.476. The number of ether oxygens (including phenoxy) is 2. The molecule has 0 rings (SSSR count). The van der Waals surface area contributed by atoms with E-state index in [9.17, 15) is 0 Å². The molecule has 0 aliphatic heterocycles. The summed E-state index contributed by atoms with van der Waals surface area (Å²) >= 11 is 0. The molecule has 0 saturated carbocycles. The SMILES string of the molecule is CCNC(CC)(NC(CC)(NCC)OCC)OCC. The summed E-state index contributed by atoms with van der Waals surface area (Å²) in [5.41, 5.74) is 0. The van der Waals surface area contributed by atoms with E-state index in [2.05, 4.69) is 43.6 Å². The molecule has 0 aliphatic carbocycles. The summed E-state index contributed by atoms with van der Waals surface area (Å²) in [4.78, 5) is 0. The van der Waals surface area contributed by atoms with Gasteiger partial charge >= 0.3 is 0 Å². The molecule has 19 heavy (non-hydrogen) atoms. The molecule has 0 aromatic heterocycles. The highest BCUT2D eigenvalue weighted by Crippen LogP contribution is 2.17. The molecule has 0 fully saturated rings. The molecule has 0 aliphatic rings. The first kappa shape index (κ1) is 18.8. The van der Waals surface area contributed by atoms with Crippen molar-refractivity contribution < 1.29 is 9.47 Å². The van der Waals surface area contributed by atoms with Crippen LogP contribution < -0.4 is 16.0 Å². The van der Waals surface area contributed by atoms with Gasteiger partial charge in [-0.1, -0.05) is 27.7 Å². The number of hydrogen-bond donors (Lipinski definition) is 3. The third-order valence-corrected chi connectivity index (χ3v) is 3.11. The van der Waals surface area contributed by atoms with E-state index in [0.717, 1.165) is 25.9 Å². The van der Waals surface area contributed by atoms with Gasteiger partial charge in [-0.25, -0.2) is 5.32 Å². The molecule has 0 saturated heterocycles. The molecule has 0 aromatic rings. The van der Waals surface area contributed by atoms with Gasteiger partial charge in [0.2, 0.25) is 0 Å². The van der Waals surface area contributed by atoms with Crippen LogP contribution in [0.25, 0.3) is 0 Å². The minimum Gasteiger partial charge on any atom is -0.347 e. The first-order valence-electron chi connectivity index (χ1n) is 7.64. The van der Waals surface area contributed by atoms with Crippen molar-refractivity contribution in [3.63, 3.8) is 0 Å². The second-order valence-corrected chi connectivity index (χ2v) is 4.41. The van der Waals surface area contributed by atoms with Crippen molar-refractivity contribution in [3.8, 4) is 0 Å². The van der Waals surface area contributed by atoms with Crippen molar-refractivity contribution in [2.24, 2.45) is 0 Å². The Morgan fingerprint density at radius 2 is 1.05 bits per heavy atom. The lowest BCUT2D eigenvalue weighted by Gasteiger charge is -2.44. The van der Waals surface area contributed by atoms with E-state index >= 15 is 0 Å². The maximum atomic E-state index is 5.93. The van der Waals surface area contributed by atoms with E-state index in [1.807, 2.05) is 13.8 Å². The fourth-order valence-electron chi connectivity index (χ4n) is 2.28. The molecule has 0 spiro atoms. The normalized spacial score (nSPS) is 18.0. The predicted molar refractivity (Wildman–Crippen MR) is 79.8 cm³/mol. The predicted octanol–water partition coefficient (Wildman–Crippen LogP) is 2.00. The Morgan fingerprint density at radius 1 is 0.684 bits per heavy atom. The van der Waals surface area contributed by atoms with E-state index in [-0.39, 0.29) is 0 Å². The van der Waals surface area contributed by atoms with E-state index in [4.69, 9.17) is 9.47 Å². The third-order valence-electron chi connectivity index (χ3n) is 3.11. The molecule has 0 amide bonds. The van der Waals surface area contributed by atoms with Gasteiger partial charge in [-0.05, 0) is 26.9 Å². The largest absolute Gasteiger partial charge is 0.347 e. The van der Waals surface area contributed by atoms with Gasteiger partial charge < -0.3 is 9.47 Å². The van der Waals surface area contributed by atoms with Crippen LogP contribution in [0.5, 0.6) is 0 Å². The summed E-state index contributed by atoms with van der Waals surface area (Å²) in [6.45, 7) is 15.3. The van der Waals surface area contributed by atoms with Gasteiger partial charge in [0.25, 0.3) is 0 Å². The maximum Gasteiger partial charge on any atom is 0.177 e. The number of rotatable bonds is 12. The number of hydrogen-bond acceptors (Lipinski definition) is 5. The minimum absolute atomic E-state index is 0.559. The van der Waals surface area contributed by atoms with Gasteiger partial charge in [-0.15, -0.1) is 0 Å². The molecular weight excluding hydrogens is 242 g/mol. The molecule has 116 valence electrons. The van der Waals surface area contributed by atoms with Crippen LogP contribution in [0.3, 0.4) is 0 Å². The first-order chi connectivity index (χ1) is 9.07. The van der Waals surface area contributed by atoms with Crippen molar-refractivity contribution in [1.29, 1.82) is 0 Å². The summed E-state index contributed by atoms with van der Waals surface area (Å²) in [6.07, 6.45) is 1.63. The van der Waals surface area contributed by atoms with Crippen molar-refractivity contribution >= 4 is 0 Å². The van der Waals surface area contributed by atoms with Crippen molar-refractivity contribution in [1.82, 2.24) is 16.0 Å². The molecule has 0 bridgehead atoms.